The van der Waals surface area contributed by atoms with Crippen molar-refractivity contribution in [3.63, 3.8) is 0 Å². The highest BCUT2D eigenvalue weighted by Gasteiger charge is 2.24. The largest absolute Gasteiger partial charge is 0.493 e. The average molecular weight is 464 g/mol. The number of anilines is 1. The number of ether oxygens (including phenoxy) is 2. The number of carbonyl (C=O) groups excluding carboxylic acids is 2. The molecule has 0 atom stereocenters. The Kier molecular flexibility index (Phi) is 6.96. The lowest BCUT2D eigenvalue weighted by Crippen LogP contribution is -2.39. The van der Waals surface area contributed by atoms with E-state index in [2.05, 4.69) is 10.6 Å². The summed E-state index contributed by atoms with van der Waals surface area (Å²) >= 11 is 0. The zero-order valence-electron chi connectivity index (χ0n) is 19.1. The fraction of sp³-hybridized carbons (Fsp3) is 0.231. The molecular formula is C26H26FN3O4. The van der Waals surface area contributed by atoms with Gasteiger partial charge in [-0.25, -0.2) is 9.18 Å². The summed E-state index contributed by atoms with van der Waals surface area (Å²) in [4.78, 5) is 27.5. The SMILES string of the molecule is COc1cc2c(cc1OC)CN(C(=O)Nc1ccccc1C(=O)NCc1ccc(F)cc1)CC2. The van der Waals surface area contributed by atoms with E-state index in [9.17, 15) is 14.0 Å². The standard InChI is InChI=1S/C26H26FN3O4/c1-33-23-13-18-11-12-30(16-19(18)14-24(23)34-2)26(32)29-22-6-4-3-5-21(22)25(31)28-15-17-7-9-20(27)10-8-17/h3-10,13-14H,11-12,15-16H2,1-2H3,(H,28,31)(H,29,32). The lowest BCUT2D eigenvalue weighted by Gasteiger charge is -2.30. The molecule has 0 aliphatic carbocycles. The highest BCUT2D eigenvalue weighted by molar-refractivity contribution is 6.03. The van der Waals surface area contributed by atoms with Crippen LogP contribution < -0.4 is 20.1 Å². The molecule has 3 aromatic rings. The topological polar surface area (TPSA) is 79.9 Å². The molecule has 4 rings (SSSR count). The van der Waals surface area contributed by atoms with E-state index in [1.807, 2.05) is 12.1 Å². The van der Waals surface area contributed by atoms with Crippen LogP contribution in [0, 0.1) is 5.82 Å². The number of carbonyl (C=O) groups is 2. The van der Waals surface area contributed by atoms with Crippen LogP contribution >= 0.6 is 0 Å². The van der Waals surface area contributed by atoms with Gasteiger partial charge in [-0.2, -0.15) is 0 Å². The lowest BCUT2D eigenvalue weighted by atomic mass is 9.99. The Balaban J connectivity index is 1.44. The van der Waals surface area contributed by atoms with Gasteiger partial charge in [-0.1, -0.05) is 24.3 Å². The molecule has 1 heterocycles. The zero-order valence-corrected chi connectivity index (χ0v) is 19.1. The summed E-state index contributed by atoms with van der Waals surface area (Å²) in [5.41, 5.74) is 3.64. The molecule has 0 bridgehead atoms. The van der Waals surface area contributed by atoms with E-state index in [-0.39, 0.29) is 24.3 Å². The Labute approximate surface area is 197 Å². The van der Waals surface area contributed by atoms with E-state index in [1.54, 1.807) is 55.5 Å². The van der Waals surface area contributed by atoms with Gasteiger partial charge in [0.05, 0.1) is 25.5 Å². The van der Waals surface area contributed by atoms with Crippen LogP contribution in [0.4, 0.5) is 14.9 Å². The maximum absolute atomic E-state index is 13.1. The van der Waals surface area contributed by atoms with Crippen molar-refractivity contribution in [2.45, 2.75) is 19.5 Å². The number of nitrogens with one attached hydrogen (secondary N) is 2. The van der Waals surface area contributed by atoms with Crippen LogP contribution in [0.3, 0.4) is 0 Å². The molecule has 2 N–H and O–H groups in total. The number of fused-ring (bicyclic) bond motifs is 1. The minimum atomic E-state index is -0.332. The molecule has 0 aromatic heterocycles. The van der Waals surface area contributed by atoms with Gasteiger partial charge in [0.15, 0.2) is 11.5 Å². The third kappa shape index (κ3) is 5.11. The molecule has 0 saturated heterocycles. The first-order chi connectivity index (χ1) is 16.5. The van der Waals surface area contributed by atoms with Gasteiger partial charge in [0.1, 0.15) is 5.82 Å². The number of para-hydroxylation sites is 1. The molecule has 176 valence electrons. The Morgan fingerprint density at radius 2 is 1.65 bits per heavy atom. The second-order valence-corrected chi connectivity index (χ2v) is 7.93. The van der Waals surface area contributed by atoms with Crippen LogP contribution in [0.25, 0.3) is 0 Å². The van der Waals surface area contributed by atoms with Gasteiger partial charge in [0.2, 0.25) is 0 Å². The van der Waals surface area contributed by atoms with E-state index in [0.29, 0.717) is 42.3 Å². The van der Waals surface area contributed by atoms with Crippen molar-refractivity contribution in [1.82, 2.24) is 10.2 Å². The van der Waals surface area contributed by atoms with E-state index < -0.39 is 0 Å². The van der Waals surface area contributed by atoms with Crippen LogP contribution in [-0.4, -0.2) is 37.6 Å². The maximum Gasteiger partial charge on any atom is 0.322 e. The molecule has 3 aromatic carbocycles. The zero-order chi connectivity index (χ0) is 24.1. The summed E-state index contributed by atoms with van der Waals surface area (Å²) in [6.45, 7) is 1.20. The van der Waals surface area contributed by atoms with Gasteiger partial charge in [0.25, 0.3) is 5.91 Å². The number of hydrogen-bond acceptors (Lipinski definition) is 4. The van der Waals surface area contributed by atoms with Crippen LogP contribution in [0.5, 0.6) is 11.5 Å². The van der Waals surface area contributed by atoms with Crippen molar-refractivity contribution in [1.29, 1.82) is 0 Å². The number of methoxy groups -OCH3 is 2. The van der Waals surface area contributed by atoms with Gasteiger partial charge >= 0.3 is 6.03 Å². The first-order valence-electron chi connectivity index (χ1n) is 10.9. The molecule has 1 aliphatic rings. The maximum atomic E-state index is 13.1. The second-order valence-electron chi connectivity index (χ2n) is 7.93. The Hall–Kier alpha value is -4.07. The molecule has 0 radical (unpaired) electrons. The van der Waals surface area contributed by atoms with Gasteiger partial charge in [0, 0.05) is 19.6 Å². The highest BCUT2D eigenvalue weighted by Crippen LogP contribution is 2.33. The van der Waals surface area contributed by atoms with Gasteiger partial charge < -0.3 is 25.0 Å². The Bertz CT molecular complexity index is 1200. The monoisotopic (exact) mass is 463 g/mol. The number of amides is 3. The molecule has 34 heavy (non-hydrogen) atoms. The van der Waals surface area contributed by atoms with Crippen molar-refractivity contribution in [2.24, 2.45) is 0 Å². The molecular weight excluding hydrogens is 437 g/mol. The molecule has 0 fully saturated rings. The highest BCUT2D eigenvalue weighted by atomic mass is 19.1. The minimum absolute atomic E-state index is 0.246. The third-order valence-corrected chi connectivity index (χ3v) is 5.78. The number of benzene rings is 3. The fourth-order valence-electron chi connectivity index (χ4n) is 3.92. The predicted molar refractivity (Wildman–Crippen MR) is 127 cm³/mol. The summed E-state index contributed by atoms with van der Waals surface area (Å²) in [6, 6.07) is 16.3. The van der Waals surface area contributed by atoms with Gasteiger partial charge in [-0.3, -0.25) is 4.79 Å². The first kappa shape index (κ1) is 23.1. The van der Waals surface area contributed by atoms with Gasteiger partial charge in [-0.05, 0) is 59.5 Å². The van der Waals surface area contributed by atoms with Crippen molar-refractivity contribution in [3.8, 4) is 11.5 Å². The Morgan fingerprint density at radius 3 is 2.35 bits per heavy atom. The number of nitrogens with zero attached hydrogens (tertiary/aromatic N) is 1. The molecule has 1 aliphatic heterocycles. The van der Waals surface area contributed by atoms with Crippen molar-refractivity contribution in [3.05, 3.63) is 88.7 Å². The summed E-state index contributed by atoms with van der Waals surface area (Å²) < 4.78 is 23.9. The average Bonchev–Trinajstić information content (AvgIpc) is 2.87. The third-order valence-electron chi connectivity index (χ3n) is 5.78. The first-order valence-corrected chi connectivity index (χ1v) is 10.9. The molecule has 8 heteroatoms. The summed E-state index contributed by atoms with van der Waals surface area (Å²) in [5, 5.41) is 5.68. The molecule has 7 nitrogen and oxygen atoms in total. The number of hydrogen-bond donors (Lipinski definition) is 2. The van der Waals surface area contributed by atoms with Crippen LogP contribution in [0.15, 0.2) is 60.7 Å². The van der Waals surface area contributed by atoms with E-state index in [1.165, 1.54) is 12.1 Å². The van der Waals surface area contributed by atoms with Crippen LogP contribution in [0.1, 0.15) is 27.0 Å². The summed E-state index contributed by atoms with van der Waals surface area (Å²) in [7, 11) is 3.18. The Morgan fingerprint density at radius 1 is 0.971 bits per heavy atom. The number of urea groups is 1. The lowest BCUT2D eigenvalue weighted by molar-refractivity contribution is 0.0951. The van der Waals surface area contributed by atoms with Gasteiger partial charge in [-0.15, -0.1) is 0 Å². The van der Waals surface area contributed by atoms with Crippen molar-refractivity contribution >= 4 is 17.6 Å². The smallest absolute Gasteiger partial charge is 0.322 e. The van der Waals surface area contributed by atoms with Crippen molar-refractivity contribution in [2.75, 3.05) is 26.1 Å². The van der Waals surface area contributed by atoms with E-state index in [4.69, 9.17) is 9.47 Å². The second kappa shape index (κ2) is 10.2. The normalized spacial score (nSPS) is 12.5. The fourth-order valence-corrected chi connectivity index (χ4v) is 3.92. The quantitative estimate of drug-likeness (QED) is 0.569. The molecule has 0 unspecified atom stereocenters. The number of halogens is 1. The van der Waals surface area contributed by atoms with Crippen LogP contribution in [0.2, 0.25) is 0 Å². The van der Waals surface area contributed by atoms with Crippen molar-refractivity contribution < 1.29 is 23.5 Å². The molecule has 0 spiro atoms. The minimum Gasteiger partial charge on any atom is -0.493 e. The predicted octanol–water partition coefficient (Wildman–Crippen LogP) is 4.36. The summed E-state index contributed by atoms with van der Waals surface area (Å²) in [6.07, 6.45) is 0.683. The summed E-state index contributed by atoms with van der Waals surface area (Å²) in [5.74, 6) is 0.619. The number of rotatable bonds is 6. The van der Waals surface area contributed by atoms with Crippen LogP contribution in [-0.2, 0) is 19.5 Å². The molecule has 3 amide bonds. The molecule has 0 saturated carbocycles. The van der Waals surface area contributed by atoms with E-state index >= 15 is 0 Å². The van der Waals surface area contributed by atoms with E-state index in [0.717, 1.165) is 16.7 Å².